The van der Waals surface area contributed by atoms with Crippen molar-refractivity contribution in [2.75, 3.05) is 6.61 Å². The zero-order chi connectivity index (χ0) is 25.9. The van der Waals surface area contributed by atoms with Gasteiger partial charge in [-0.25, -0.2) is 13.6 Å². The summed E-state index contributed by atoms with van der Waals surface area (Å²) in [6, 6.07) is 8.07. The van der Waals surface area contributed by atoms with Crippen molar-refractivity contribution in [3.05, 3.63) is 69.9 Å². The number of pyridine rings is 1. The van der Waals surface area contributed by atoms with E-state index in [0.29, 0.717) is 46.5 Å². The fourth-order valence-corrected chi connectivity index (χ4v) is 5.07. The number of fused-ring (bicyclic) bond motifs is 1. The third-order valence-electron chi connectivity index (χ3n) is 6.32. The van der Waals surface area contributed by atoms with Crippen LogP contribution in [0.5, 0.6) is 5.75 Å². The van der Waals surface area contributed by atoms with Gasteiger partial charge in [-0.1, -0.05) is 11.6 Å². The van der Waals surface area contributed by atoms with Gasteiger partial charge in [-0.3, -0.25) is 4.98 Å². The smallest absolute Gasteiger partial charge is 0.337 e. The van der Waals surface area contributed by atoms with Crippen LogP contribution in [0.25, 0.3) is 32.8 Å². The SMILES string of the molecule is Cc1cc2c(F)c(Cl)c(F)cc2c(-c2ccc3c4c(ccnc24)CCO3)c1[C@@H](OC(C)(C)C)C(=O)O. The molecule has 5 nitrogen and oxygen atoms in total. The molecule has 1 atom stereocenters. The largest absolute Gasteiger partial charge is 0.493 e. The van der Waals surface area contributed by atoms with Crippen LogP contribution in [-0.4, -0.2) is 28.3 Å². The molecule has 5 rings (SSSR count). The zero-order valence-electron chi connectivity index (χ0n) is 20.2. The fraction of sp³-hybridized carbons (Fsp3) is 0.286. The van der Waals surface area contributed by atoms with Crippen LogP contribution < -0.4 is 4.74 Å². The first-order valence-corrected chi connectivity index (χ1v) is 11.9. The number of hydrogen-bond acceptors (Lipinski definition) is 4. The molecular weight excluding hydrogens is 488 g/mol. The summed E-state index contributed by atoms with van der Waals surface area (Å²) in [7, 11) is 0. The second-order valence-electron chi connectivity index (χ2n) is 9.92. The van der Waals surface area contributed by atoms with Crippen molar-refractivity contribution in [1.29, 1.82) is 0 Å². The minimum absolute atomic E-state index is 0.0780. The van der Waals surface area contributed by atoms with Crippen molar-refractivity contribution in [2.45, 2.75) is 45.8 Å². The maximum atomic E-state index is 15.2. The lowest BCUT2D eigenvalue weighted by molar-refractivity contribution is -0.160. The highest BCUT2D eigenvalue weighted by Gasteiger charge is 2.33. The van der Waals surface area contributed by atoms with Gasteiger partial charge >= 0.3 is 5.97 Å². The predicted molar refractivity (Wildman–Crippen MR) is 135 cm³/mol. The Morgan fingerprint density at radius 2 is 1.94 bits per heavy atom. The first-order chi connectivity index (χ1) is 17.0. The van der Waals surface area contributed by atoms with Gasteiger partial charge in [-0.15, -0.1) is 0 Å². The lowest BCUT2D eigenvalue weighted by Crippen LogP contribution is -2.28. The molecule has 0 spiro atoms. The molecule has 8 heteroatoms. The standard InChI is InChI=1S/C28H24ClF2NO4/c1-13-11-17-16(12-18(30)23(29)24(17)31)22(20(13)26(27(33)34)36-28(2,3)4)15-5-6-19-21-14(8-10-35-19)7-9-32-25(15)21/h5-7,9,11-12,26H,8,10H2,1-4H3,(H,33,34)/t26-/m1/s1. The number of rotatable bonds is 4. The van der Waals surface area contributed by atoms with Gasteiger partial charge in [0.05, 0.1) is 17.7 Å². The Kier molecular flexibility index (Phi) is 5.88. The first kappa shape index (κ1) is 24.4. The normalized spacial score (nSPS) is 14.2. The third kappa shape index (κ3) is 3.96. The predicted octanol–water partition coefficient (Wildman–Crippen LogP) is 7.17. The third-order valence-corrected chi connectivity index (χ3v) is 6.67. The van der Waals surface area contributed by atoms with Crippen LogP contribution in [-0.2, 0) is 16.0 Å². The number of nitrogens with zero attached hydrogens (tertiary/aromatic N) is 1. The van der Waals surface area contributed by atoms with E-state index in [1.54, 1.807) is 46.0 Å². The summed E-state index contributed by atoms with van der Waals surface area (Å²) < 4.78 is 41.9. The molecule has 36 heavy (non-hydrogen) atoms. The van der Waals surface area contributed by atoms with Gasteiger partial charge in [0.2, 0.25) is 0 Å². The van der Waals surface area contributed by atoms with Gasteiger partial charge in [0.1, 0.15) is 16.6 Å². The van der Waals surface area contributed by atoms with E-state index in [1.807, 2.05) is 6.07 Å². The number of ether oxygens (including phenoxy) is 2. The number of hydrogen-bond donors (Lipinski definition) is 1. The molecule has 0 unspecified atom stereocenters. The molecular formula is C28H24ClF2NO4. The van der Waals surface area contributed by atoms with Crippen LogP contribution in [0.2, 0.25) is 5.02 Å². The zero-order valence-corrected chi connectivity index (χ0v) is 21.0. The average Bonchev–Trinajstić information content (AvgIpc) is 2.81. The van der Waals surface area contributed by atoms with E-state index < -0.39 is 34.3 Å². The molecule has 0 saturated heterocycles. The van der Waals surface area contributed by atoms with E-state index in [4.69, 9.17) is 21.1 Å². The van der Waals surface area contributed by atoms with Crippen molar-refractivity contribution in [2.24, 2.45) is 0 Å². The number of aromatic nitrogens is 1. The summed E-state index contributed by atoms with van der Waals surface area (Å²) >= 11 is 5.91. The van der Waals surface area contributed by atoms with Gasteiger partial charge in [0.15, 0.2) is 11.9 Å². The molecule has 0 amide bonds. The Morgan fingerprint density at radius 1 is 1.19 bits per heavy atom. The molecule has 2 heterocycles. The highest BCUT2D eigenvalue weighted by Crippen LogP contribution is 2.46. The fourth-order valence-electron chi connectivity index (χ4n) is 4.91. The quantitative estimate of drug-likeness (QED) is 0.294. The summed E-state index contributed by atoms with van der Waals surface area (Å²) in [4.78, 5) is 17.1. The Labute approximate surface area is 211 Å². The summed E-state index contributed by atoms with van der Waals surface area (Å²) in [6.07, 6.45) is 0.945. The molecule has 186 valence electrons. The Balaban J connectivity index is 1.97. The van der Waals surface area contributed by atoms with Crippen LogP contribution in [0.4, 0.5) is 8.78 Å². The molecule has 0 radical (unpaired) electrons. The van der Waals surface area contributed by atoms with Crippen LogP contribution in [0, 0.1) is 18.6 Å². The van der Waals surface area contributed by atoms with E-state index in [0.717, 1.165) is 17.0 Å². The molecule has 1 aromatic heterocycles. The average molecular weight is 512 g/mol. The minimum Gasteiger partial charge on any atom is -0.493 e. The molecule has 1 aliphatic rings. The number of benzene rings is 3. The number of carboxylic acid groups (broad SMARTS) is 1. The molecule has 1 N–H and O–H groups in total. The monoisotopic (exact) mass is 511 g/mol. The van der Waals surface area contributed by atoms with Gasteiger partial charge in [0, 0.05) is 34.5 Å². The van der Waals surface area contributed by atoms with Crippen LogP contribution >= 0.6 is 11.6 Å². The van der Waals surface area contributed by atoms with Crippen molar-refractivity contribution < 1.29 is 28.2 Å². The van der Waals surface area contributed by atoms with Gasteiger partial charge in [0.25, 0.3) is 0 Å². The lowest BCUT2D eigenvalue weighted by Gasteiger charge is -2.29. The van der Waals surface area contributed by atoms with Crippen LogP contribution in [0.15, 0.2) is 36.5 Å². The molecule has 0 aliphatic carbocycles. The lowest BCUT2D eigenvalue weighted by atomic mass is 9.85. The van der Waals surface area contributed by atoms with Gasteiger partial charge in [-0.05, 0) is 80.1 Å². The maximum Gasteiger partial charge on any atom is 0.337 e. The minimum atomic E-state index is -1.41. The Morgan fingerprint density at radius 3 is 2.64 bits per heavy atom. The van der Waals surface area contributed by atoms with E-state index >= 15 is 4.39 Å². The topological polar surface area (TPSA) is 68.7 Å². The number of carbonyl (C=O) groups is 1. The Bertz CT molecular complexity index is 1550. The number of aryl methyl sites for hydroxylation is 1. The summed E-state index contributed by atoms with van der Waals surface area (Å²) in [5.41, 5.74) is 2.38. The van der Waals surface area contributed by atoms with E-state index in [1.165, 1.54) is 6.07 Å². The number of halogens is 3. The number of carboxylic acids is 1. The van der Waals surface area contributed by atoms with E-state index in [2.05, 4.69) is 4.98 Å². The number of aliphatic carboxylic acids is 1. The van der Waals surface area contributed by atoms with Crippen LogP contribution in [0.1, 0.15) is 43.6 Å². The highest BCUT2D eigenvalue weighted by atomic mass is 35.5. The second-order valence-corrected chi connectivity index (χ2v) is 10.3. The van der Waals surface area contributed by atoms with Crippen LogP contribution in [0.3, 0.4) is 0 Å². The molecule has 0 fully saturated rings. The van der Waals surface area contributed by atoms with E-state index in [9.17, 15) is 14.3 Å². The van der Waals surface area contributed by atoms with Crippen molar-refractivity contribution in [3.8, 4) is 16.9 Å². The maximum absolute atomic E-state index is 15.2. The second kappa shape index (κ2) is 8.68. The summed E-state index contributed by atoms with van der Waals surface area (Å²) in [5.74, 6) is -2.42. The van der Waals surface area contributed by atoms with Crippen molar-refractivity contribution >= 4 is 39.2 Å². The molecule has 0 bridgehead atoms. The van der Waals surface area contributed by atoms with Crippen molar-refractivity contribution in [1.82, 2.24) is 4.98 Å². The molecule has 3 aromatic carbocycles. The van der Waals surface area contributed by atoms with Crippen molar-refractivity contribution in [3.63, 3.8) is 0 Å². The molecule has 1 aliphatic heterocycles. The van der Waals surface area contributed by atoms with E-state index in [-0.39, 0.29) is 10.8 Å². The summed E-state index contributed by atoms with van der Waals surface area (Å²) in [6.45, 7) is 7.45. The molecule has 0 saturated carbocycles. The van der Waals surface area contributed by atoms with Gasteiger partial charge < -0.3 is 14.6 Å². The highest BCUT2D eigenvalue weighted by molar-refractivity contribution is 6.32. The summed E-state index contributed by atoms with van der Waals surface area (Å²) in [5, 5.41) is 10.7. The van der Waals surface area contributed by atoms with Gasteiger partial charge in [-0.2, -0.15) is 0 Å². The molecule has 4 aromatic rings. The Hall–Kier alpha value is -3.29. The first-order valence-electron chi connectivity index (χ1n) is 11.5.